The van der Waals surface area contributed by atoms with Crippen molar-refractivity contribution in [2.45, 2.75) is 32.4 Å². The molecule has 4 nitrogen and oxygen atoms in total. The largest absolute Gasteiger partial charge is 0.352 e. The molecule has 2 rings (SSSR count). The van der Waals surface area contributed by atoms with Crippen molar-refractivity contribution in [3.8, 4) is 0 Å². The third-order valence-electron chi connectivity index (χ3n) is 2.13. The maximum atomic E-state index is 4.10. The highest BCUT2D eigenvalue weighted by Crippen LogP contribution is 2.15. The second-order valence-electron chi connectivity index (χ2n) is 2.84. The number of rotatable bonds is 1. The van der Waals surface area contributed by atoms with Gasteiger partial charge in [-0.25, -0.2) is 4.68 Å². The lowest BCUT2D eigenvalue weighted by atomic mass is 10.1. The summed E-state index contributed by atoms with van der Waals surface area (Å²) >= 11 is 0. The van der Waals surface area contributed by atoms with E-state index < -0.39 is 0 Å². The van der Waals surface area contributed by atoms with Gasteiger partial charge in [0.1, 0.15) is 6.33 Å². The number of aromatic nitrogens is 3. The van der Waals surface area contributed by atoms with E-state index in [0.29, 0.717) is 6.04 Å². The molecule has 0 spiro atoms. The second kappa shape index (κ2) is 2.53. The van der Waals surface area contributed by atoms with Gasteiger partial charge in [0.2, 0.25) is 5.95 Å². The normalized spacial score (nSPS) is 22.5. The van der Waals surface area contributed by atoms with Crippen molar-refractivity contribution in [2.75, 3.05) is 5.32 Å². The molecule has 0 saturated heterocycles. The Hall–Kier alpha value is -1.06. The molecule has 60 valence electrons. The summed E-state index contributed by atoms with van der Waals surface area (Å²) < 4.78 is 1.91. The zero-order valence-electron chi connectivity index (χ0n) is 6.62. The summed E-state index contributed by atoms with van der Waals surface area (Å²) in [6.45, 7) is 3.19. The Balaban J connectivity index is 2.18. The summed E-state index contributed by atoms with van der Waals surface area (Å²) in [6.07, 6.45) is 3.92. The first-order valence-electron chi connectivity index (χ1n) is 4.04. The molecule has 1 N–H and O–H groups in total. The Morgan fingerprint density at radius 1 is 1.82 bits per heavy atom. The van der Waals surface area contributed by atoms with E-state index in [4.69, 9.17) is 0 Å². The summed E-state index contributed by atoms with van der Waals surface area (Å²) in [7, 11) is 0. The van der Waals surface area contributed by atoms with Gasteiger partial charge in [-0.15, -0.1) is 0 Å². The zero-order chi connectivity index (χ0) is 7.68. The first-order valence-corrected chi connectivity index (χ1v) is 4.04. The first-order chi connectivity index (χ1) is 5.40. The SMILES string of the molecule is CCC1CCn2ncnc2N1. The van der Waals surface area contributed by atoms with Crippen LogP contribution in [-0.4, -0.2) is 20.8 Å². The van der Waals surface area contributed by atoms with Crippen LogP contribution in [0.2, 0.25) is 0 Å². The smallest absolute Gasteiger partial charge is 0.221 e. The van der Waals surface area contributed by atoms with Gasteiger partial charge in [-0.3, -0.25) is 0 Å². The van der Waals surface area contributed by atoms with Gasteiger partial charge in [0.05, 0.1) is 0 Å². The Kier molecular flexibility index (Phi) is 1.52. The predicted octanol–water partition coefficient (Wildman–Crippen LogP) is 0.872. The Bertz CT molecular complexity index is 242. The molecule has 0 aromatic carbocycles. The Morgan fingerprint density at radius 3 is 3.55 bits per heavy atom. The minimum Gasteiger partial charge on any atom is -0.352 e. The number of anilines is 1. The molecule has 2 heterocycles. The van der Waals surface area contributed by atoms with Crippen LogP contribution >= 0.6 is 0 Å². The van der Waals surface area contributed by atoms with Crippen molar-refractivity contribution in [3.63, 3.8) is 0 Å². The number of hydrogen-bond acceptors (Lipinski definition) is 3. The quantitative estimate of drug-likeness (QED) is 0.649. The van der Waals surface area contributed by atoms with Crippen molar-refractivity contribution in [2.24, 2.45) is 0 Å². The number of nitrogens with one attached hydrogen (secondary N) is 1. The van der Waals surface area contributed by atoms with Gasteiger partial charge in [0.25, 0.3) is 0 Å². The minimum atomic E-state index is 0.590. The van der Waals surface area contributed by atoms with E-state index in [2.05, 4.69) is 22.3 Å². The van der Waals surface area contributed by atoms with E-state index in [-0.39, 0.29) is 0 Å². The van der Waals surface area contributed by atoms with E-state index in [9.17, 15) is 0 Å². The fourth-order valence-electron chi connectivity index (χ4n) is 1.38. The van der Waals surface area contributed by atoms with Crippen LogP contribution in [0, 0.1) is 0 Å². The number of hydrogen-bond donors (Lipinski definition) is 1. The average molecular weight is 152 g/mol. The van der Waals surface area contributed by atoms with Crippen LogP contribution in [-0.2, 0) is 6.54 Å². The zero-order valence-corrected chi connectivity index (χ0v) is 6.62. The third-order valence-corrected chi connectivity index (χ3v) is 2.13. The van der Waals surface area contributed by atoms with Crippen LogP contribution in [0.25, 0.3) is 0 Å². The van der Waals surface area contributed by atoms with Gasteiger partial charge in [-0.1, -0.05) is 6.92 Å². The Labute approximate surface area is 65.6 Å². The number of fused-ring (bicyclic) bond motifs is 1. The molecule has 1 aromatic heterocycles. The van der Waals surface area contributed by atoms with Gasteiger partial charge in [-0.2, -0.15) is 10.1 Å². The van der Waals surface area contributed by atoms with Gasteiger partial charge < -0.3 is 5.32 Å². The van der Waals surface area contributed by atoms with Gasteiger partial charge in [0, 0.05) is 12.6 Å². The molecular weight excluding hydrogens is 140 g/mol. The lowest BCUT2D eigenvalue weighted by Crippen LogP contribution is -2.28. The van der Waals surface area contributed by atoms with Gasteiger partial charge in [0.15, 0.2) is 0 Å². The molecule has 0 saturated carbocycles. The van der Waals surface area contributed by atoms with E-state index >= 15 is 0 Å². The minimum absolute atomic E-state index is 0.590. The standard InChI is InChI=1S/C7H12N4/c1-2-6-3-4-11-7(10-6)8-5-9-11/h5-6H,2-4H2,1H3,(H,8,9,10). The molecule has 1 aromatic rings. The lowest BCUT2D eigenvalue weighted by Gasteiger charge is -2.22. The molecule has 0 fully saturated rings. The topological polar surface area (TPSA) is 42.7 Å². The highest BCUT2D eigenvalue weighted by Gasteiger charge is 2.16. The van der Waals surface area contributed by atoms with Crippen molar-refractivity contribution in [3.05, 3.63) is 6.33 Å². The van der Waals surface area contributed by atoms with Crippen LogP contribution in [0.15, 0.2) is 6.33 Å². The van der Waals surface area contributed by atoms with E-state index in [0.717, 1.165) is 25.3 Å². The highest BCUT2D eigenvalue weighted by atomic mass is 15.4. The van der Waals surface area contributed by atoms with Crippen LogP contribution in [0.4, 0.5) is 5.95 Å². The first kappa shape index (κ1) is 6.64. The van der Waals surface area contributed by atoms with Crippen molar-refractivity contribution < 1.29 is 0 Å². The molecule has 0 radical (unpaired) electrons. The summed E-state index contributed by atoms with van der Waals surface area (Å²) in [5.74, 6) is 0.920. The molecule has 1 unspecified atom stereocenters. The maximum absolute atomic E-state index is 4.10. The number of aryl methyl sites for hydroxylation is 1. The number of nitrogens with zero attached hydrogens (tertiary/aromatic N) is 3. The maximum Gasteiger partial charge on any atom is 0.221 e. The fraction of sp³-hybridized carbons (Fsp3) is 0.714. The van der Waals surface area contributed by atoms with Crippen LogP contribution < -0.4 is 5.32 Å². The van der Waals surface area contributed by atoms with Crippen LogP contribution in [0.1, 0.15) is 19.8 Å². The molecule has 1 atom stereocenters. The molecule has 1 aliphatic heterocycles. The van der Waals surface area contributed by atoms with Gasteiger partial charge in [-0.05, 0) is 12.8 Å². The Morgan fingerprint density at radius 2 is 2.73 bits per heavy atom. The fourth-order valence-corrected chi connectivity index (χ4v) is 1.38. The monoisotopic (exact) mass is 152 g/mol. The highest BCUT2D eigenvalue weighted by molar-refractivity contribution is 5.26. The molecule has 1 aliphatic rings. The van der Waals surface area contributed by atoms with E-state index in [1.807, 2.05) is 4.68 Å². The molecule has 0 bridgehead atoms. The van der Waals surface area contributed by atoms with Crippen molar-refractivity contribution in [1.82, 2.24) is 14.8 Å². The van der Waals surface area contributed by atoms with Crippen molar-refractivity contribution in [1.29, 1.82) is 0 Å². The van der Waals surface area contributed by atoms with E-state index in [1.165, 1.54) is 0 Å². The average Bonchev–Trinajstić information content (AvgIpc) is 2.50. The summed E-state index contributed by atoms with van der Waals surface area (Å²) in [4.78, 5) is 4.10. The lowest BCUT2D eigenvalue weighted by molar-refractivity contribution is 0.483. The summed E-state index contributed by atoms with van der Waals surface area (Å²) in [5.41, 5.74) is 0. The van der Waals surface area contributed by atoms with Crippen LogP contribution in [0.5, 0.6) is 0 Å². The molecule has 11 heavy (non-hydrogen) atoms. The van der Waals surface area contributed by atoms with Crippen molar-refractivity contribution >= 4 is 5.95 Å². The molecular formula is C7H12N4. The summed E-state index contributed by atoms with van der Waals surface area (Å²) in [5, 5.41) is 7.38. The molecule has 0 aliphatic carbocycles. The second-order valence-corrected chi connectivity index (χ2v) is 2.84. The third kappa shape index (κ3) is 1.08. The van der Waals surface area contributed by atoms with Crippen LogP contribution in [0.3, 0.4) is 0 Å². The molecule has 4 heteroatoms. The summed E-state index contributed by atoms with van der Waals surface area (Å²) in [6, 6.07) is 0.590. The van der Waals surface area contributed by atoms with Gasteiger partial charge >= 0.3 is 0 Å². The molecule has 0 amide bonds. The van der Waals surface area contributed by atoms with E-state index in [1.54, 1.807) is 6.33 Å². The predicted molar refractivity (Wildman–Crippen MR) is 42.3 cm³/mol.